The van der Waals surface area contributed by atoms with E-state index in [1.54, 1.807) is 6.20 Å². The average Bonchev–Trinajstić information content (AvgIpc) is 2.77. The van der Waals surface area contributed by atoms with Gasteiger partial charge in [0, 0.05) is 29.4 Å². The van der Waals surface area contributed by atoms with Crippen LogP contribution in [-0.2, 0) is 0 Å². The van der Waals surface area contributed by atoms with Crippen LogP contribution in [0.1, 0.15) is 25.8 Å². The van der Waals surface area contributed by atoms with Crippen LogP contribution in [0.3, 0.4) is 0 Å². The first-order valence-corrected chi connectivity index (χ1v) is 6.15. The van der Waals surface area contributed by atoms with Crippen LogP contribution in [0.2, 0.25) is 0 Å². The van der Waals surface area contributed by atoms with Gasteiger partial charge in [0.2, 0.25) is 0 Å². The molecule has 1 atom stereocenters. The van der Waals surface area contributed by atoms with Gasteiger partial charge < -0.3 is 10.3 Å². The molecular formula is C14H19N3. The third kappa shape index (κ3) is 2.94. The number of hydrogen-bond donors (Lipinski definition) is 2. The molecule has 0 bridgehead atoms. The van der Waals surface area contributed by atoms with Gasteiger partial charge in [0.1, 0.15) is 5.65 Å². The van der Waals surface area contributed by atoms with E-state index in [2.05, 4.69) is 47.4 Å². The minimum atomic E-state index is 0.400. The topological polar surface area (TPSA) is 40.7 Å². The van der Waals surface area contributed by atoms with Gasteiger partial charge in [0.05, 0.1) is 0 Å². The van der Waals surface area contributed by atoms with Gasteiger partial charge in [-0.1, -0.05) is 19.1 Å². The predicted molar refractivity (Wildman–Crippen MR) is 72.9 cm³/mol. The molecule has 0 amide bonds. The molecule has 90 valence electrons. The number of pyridine rings is 1. The second kappa shape index (κ2) is 5.64. The number of rotatable bonds is 5. The normalized spacial score (nSPS) is 13.5. The number of hydrogen-bond acceptors (Lipinski definition) is 2. The molecule has 17 heavy (non-hydrogen) atoms. The molecule has 0 fully saturated rings. The zero-order chi connectivity index (χ0) is 12.1. The molecule has 0 spiro atoms. The summed E-state index contributed by atoms with van der Waals surface area (Å²) in [6, 6.07) is 4.45. The first kappa shape index (κ1) is 11.9. The molecular weight excluding hydrogens is 210 g/mol. The SMILES string of the molecule is CCCNC(C)/C=C/c1c[nH]c2ncccc12. The summed E-state index contributed by atoms with van der Waals surface area (Å²) in [7, 11) is 0. The maximum atomic E-state index is 4.27. The van der Waals surface area contributed by atoms with Crippen LogP contribution in [-0.4, -0.2) is 22.6 Å². The average molecular weight is 229 g/mol. The lowest BCUT2D eigenvalue weighted by Crippen LogP contribution is -2.24. The minimum Gasteiger partial charge on any atom is -0.346 e. The molecule has 0 saturated carbocycles. The van der Waals surface area contributed by atoms with Gasteiger partial charge in [0.25, 0.3) is 0 Å². The van der Waals surface area contributed by atoms with Gasteiger partial charge in [0.15, 0.2) is 0 Å². The smallest absolute Gasteiger partial charge is 0.137 e. The molecule has 0 saturated heterocycles. The Hall–Kier alpha value is -1.61. The molecule has 0 aliphatic heterocycles. The number of nitrogens with zero attached hydrogens (tertiary/aromatic N) is 1. The van der Waals surface area contributed by atoms with Crippen molar-refractivity contribution < 1.29 is 0 Å². The fraction of sp³-hybridized carbons (Fsp3) is 0.357. The highest BCUT2D eigenvalue weighted by Crippen LogP contribution is 2.16. The molecule has 0 radical (unpaired) electrons. The van der Waals surface area contributed by atoms with Crippen LogP contribution in [0, 0.1) is 0 Å². The van der Waals surface area contributed by atoms with Crippen molar-refractivity contribution in [1.82, 2.24) is 15.3 Å². The molecule has 2 rings (SSSR count). The fourth-order valence-electron chi connectivity index (χ4n) is 1.80. The highest BCUT2D eigenvalue weighted by atomic mass is 14.9. The van der Waals surface area contributed by atoms with E-state index in [0.717, 1.165) is 18.6 Å². The van der Waals surface area contributed by atoms with Crippen LogP contribution in [0.15, 0.2) is 30.6 Å². The molecule has 1 unspecified atom stereocenters. The third-order valence-corrected chi connectivity index (χ3v) is 2.76. The summed E-state index contributed by atoms with van der Waals surface area (Å²) < 4.78 is 0. The standard InChI is InChI=1S/C14H19N3/c1-3-8-15-11(2)6-7-12-10-17-14-13(12)5-4-9-16-14/h4-7,9-11,15H,3,8H2,1-2H3,(H,16,17)/b7-6+. The van der Waals surface area contributed by atoms with Crippen molar-refractivity contribution in [3.8, 4) is 0 Å². The van der Waals surface area contributed by atoms with E-state index in [-0.39, 0.29) is 0 Å². The first-order valence-electron chi connectivity index (χ1n) is 6.15. The Labute approximate surface area is 102 Å². The maximum Gasteiger partial charge on any atom is 0.137 e. The lowest BCUT2D eigenvalue weighted by Gasteiger charge is -2.06. The van der Waals surface area contributed by atoms with Crippen LogP contribution in [0.5, 0.6) is 0 Å². The molecule has 3 nitrogen and oxygen atoms in total. The van der Waals surface area contributed by atoms with Crippen LogP contribution < -0.4 is 5.32 Å². The number of aromatic amines is 1. The van der Waals surface area contributed by atoms with Crippen molar-refractivity contribution in [2.75, 3.05) is 6.54 Å². The summed E-state index contributed by atoms with van der Waals surface area (Å²) in [5.41, 5.74) is 2.14. The van der Waals surface area contributed by atoms with Crippen molar-refractivity contribution in [3.05, 3.63) is 36.2 Å². The van der Waals surface area contributed by atoms with Crippen molar-refractivity contribution in [3.63, 3.8) is 0 Å². The number of H-pyrrole nitrogens is 1. The van der Waals surface area contributed by atoms with Crippen LogP contribution in [0.25, 0.3) is 17.1 Å². The quantitative estimate of drug-likeness (QED) is 0.827. The molecule has 3 heteroatoms. The Morgan fingerprint density at radius 2 is 2.41 bits per heavy atom. The molecule has 0 aliphatic carbocycles. The molecule has 2 aromatic heterocycles. The van der Waals surface area contributed by atoms with E-state index in [9.17, 15) is 0 Å². The zero-order valence-electron chi connectivity index (χ0n) is 10.4. The summed E-state index contributed by atoms with van der Waals surface area (Å²) in [6.07, 6.45) is 9.30. The Bertz CT molecular complexity index is 499. The molecule has 0 aliphatic rings. The van der Waals surface area contributed by atoms with Crippen molar-refractivity contribution >= 4 is 17.1 Å². The van der Waals surface area contributed by atoms with Gasteiger partial charge in [-0.3, -0.25) is 0 Å². The van der Waals surface area contributed by atoms with E-state index < -0.39 is 0 Å². The Kier molecular flexibility index (Phi) is 3.94. The lowest BCUT2D eigenvalue weighted by molar-refractivity contribution is 0.625. The second-order valence-corrected chi connectivity index (χ2v) is 4.25. The van der Waals surface area contributed by atoms with Crippen molar-refractivity contribution in [1.29, 1.82) is 0 Å². The third-order valence-electron chi connectivity index (χ3n) is 2.76. The number of aromatic nitrogens is 2. The molecule has 2 N–H and O–H groups in total. The number of nitrogens with one attached hydrogen (secondary N) is 2. The van der Waals surface area contributed by atoms with Gasteiger partial charge in [-0.15, -0.1) is 0 Å². The Balaban J connectivity index is 2.10. The van der Waals surface area contributed by atoms with Gasteiger partial charge >= 0.3 is 0 Å². The van der Waals surface area contributed by atoms with E-state index in [0.29, 0.717) is 6.04 Å². The lowest BCUT2D eigenvalue weighted by atomic mass is 10.2. The van der Waals surface area contributed by atoms with Crippen molar-refractivity contribution in [2.45, 2.75) is 26.3 Å². The summed E-state index contributed by atoms with van der Waals surface area (Å²) in [5, 5.41) is 4.60. The highest BCUT2D eigenvalue weighted by Gasteiger charge is 2.00. The summed E-state index contributed by atoms with van der Waals surface area (Å²) >= 11 is 0. The first-order chi connectivity index (χ1) is 8.31. The van der Waals surface area contributed by atoms with E-state index in [1.165, 1.54) is 10.9 Å². The van der Waals surface area contributed by atoms with E-state index in [1.807, 2.05) is 12.3 Å². The number of fused-ring (bicyclic) bond motifs is 1. The summed E-state index contributed by atoms with van der Waals surface area (Å²) in [4.78, 5) is 7.45. The molecule has 2 heterocycles. The second-order valence-electron chi connectivity index (χ2n) is 4.25. The maximum absolute atomic E-state index is 4.27. The summed E-state index contributed by atoms with van der Waals surface area (Å²) in [6.45, 7) is 5.40. The highest BCUT2D eigenvalue weighted by molar-refractivity contribution is 5.86. The Morgan fingerprint density at radius 1 is 1.53 bits per heavy atom. The zero-order valence-corrected chi connectivity index (χ0v) is 10.4. The molecule has 2 aromatic rings. The molecule has 0 aromatic carbocycles. The van der Waals surface area contributed by atoms with Gasteiger partial charge in [-0.25, -0.2) is 4.98 Å². The van der Waals surface area contributed by atoms with E-state index in [4.69, 9.17) is 0 Å². The predicted octanol–water partition coefficient (Wildman–Crippen LogP) is 2.96. The van der Waals surface area contributed by atoms with Crippen molar-refractivity contribution in [2.24, 2.45) is 0 Å². The monoisotopic (exact) mass is 229 g/mol. The largest absolute Gasteiger partial charge is 0.346 e. The van der Waals surface area contributed by atoms with Crippen LogP contribution >= 0.6 is 0 Å². The van der Waals surface area contributed by atoms with Gasteiger partial charge in [-0.2, -0.15) is 0 Å². The summed E-state index contributed by atoms with van der Waals surface area (Å²) in [5.74, 6) is 0. The van der Waals surface area contributed by atoms with Gasteiger partial charge in [-0.05, 0) is 32.0 Å². The van der Waals surface area contributed by atoms with E-state index >= 15 is 0 Å². The minimum absolute atomic E-state index is 0.400. The van der Waals surface area contributed by atoms with Crippen LogP contribution in [0.4, 0.5) is 0 Å². The Morgan fingerprint density at radius 3 is 3.24 bits per heavy atom. The fourth-order valence-corrected chi connectivity index (χ4v) is 1.80.